The maximum atomic E-state index is 12.8. The van der Waals surface area contributed by atoms with Gasteiger partial charge < -0.3 is 9.88 Å². The lowest BCUT2D eigenvalue weighted by atomic mass is 10.1. The summed E-state index contributed by atoms with van der Waals surface area (Å²) in [6.45, 7) is 0. The van der Waals surface area contributed by atoms with Gasteiger partial charge in [-0.15, -0.1) is 0 Å². The van der Waals surface area contributed by atoms with E-state index >= 15 is 0 Å². The fourth-order valence-electron chi connectivity index (χ4n) is 3.90. The van der Waals surface area contributed by atoms with Crippen LogP contribution in [0, 0.1) is 0 Å². The fraction of sp³-hybridized carbons (Fsp3) is 0. The molecule has 1 heterocycles. The van der Waals surface area contributed by atoms with Gasteiger partial charge in [0.25, 0.3) is 5.91 Å². The average Bonchev–Trinajstić information content (AvgIpc) is 3.32. The van der Waals surface area contributed by atoms with Gasteiger partial charge in [-0.25, -0.2) is 0 Å². The summed E-state index contributed by atoms with van der Waals surface area (Å²) in [4.78, 5) is 12.8. The van der Waals surface area contributed by atoms with E-state index in [-0.39, 0.29) is 5.91 Å². The number of carbonyl (C=O) groups is 1. The third kappa shape index (κ3) is 4.32. The van der Waals surface area contributed by atoms with Gasteiger partial charge in [-0.2, -0.15) is 0 Å². The molecule has 1 N–H and O–H groups in total. The molecule has 0 bridgehead atoms. The van der Waals surface area contributed by atoms with Crippen LogP contribution in [0.25, 0.3) is 28.2 Å². The number of nitrogens with one attached hydrogen (secondary N) is 1. The van der Waals surface area contributed by atoms with Crippen molar-refractivity contribution in [2.24, 2.45) is 0 Å². The highest BCUT2D eigenvalue weighted by atomic mass is 35.5. The first-order chi connectivity index (χ1) is 16.2. The first-order valence-corrected chi connectivity index (χ1v) is 11.1. The minimum absolute atomic E-state index is 0.200. The van der Waals surface area contributed by atoms with Crippen LogP contribution >= 0.6 is 11.6 Å². The molecule has 160 valence electrons. The van der Waals surface area contributed by atoms with E-state index in [9.17, 15) is 4.79 Å². The van der Waals surface area contributed by atoms with Crippen molar-refractivity contribution in [2.75, 3.05) is 5.32 Å². The second kappa shape index (κ2) is 9.19. The lowest BCUT2D eigenvalue weighted by molar-refractivity contribution is 0.102. The number of hydrogen-bond donors (Lipinski definition) is 1. The number of carbonyl (C=O) groups excluding carboxylic acids is 1. The lowest BCUT2D eigenvalue weighted by Crippen LogP contribution is -2.12. The molecule has 0 unspecified atom stereocenters. The van der Waals surface area contributed by atoms with Crippen LogP contribution < -0.4 is 5.32 Å². The van der Waals surface area contributed by atoms with Crippen LogP contribution in [0.3, 0.4) is 0 Å². The number of para-hydroxylation sites is 1. The zero-order valence-corrected chi connectivity index (χ0v) is 18.5. The molecule has 5 rings (SSSR count). The molecule has 0 aliphatic carbocycles. The molecule has 3 nitrogen and oxygen atoms in total. The Morgan fingerprint density at radius 2 is 1.12 bits per heavy atom. The minimum Gasteiger partial charge on any atom is -0.321 e. The van der Waals surface area contributed by atoms with E-state index in [0.29, 0.717) is 16.3 Å². The van der Waals surface area contributed by atoms with Gasteiger partial charge in [0.1, 0.15) is 0 Å². The molecule has 0 aliphatic heterocycles. The predicted octanol–water partition coefficient (Wildman–Crippen LogP) is 7.72. The van der Waals surface area contributed by atoms with E-state index < -0.39 is 0 Å². The first-order valence-electron chi connectivity index (χ1n) is 10.7. The summed E-state index contributed by atoms with van der Waals surface area (Å²) in [5.74, 6) is -0.200. The van der Waals surface area contributed by atoms with E-state index in [1.54, 1.807) is 12.1 Å². The highest BCUT2D eigenvalue weighted by Gasteiger charge is 2.14. The molecule has 5 aromatic rings. The van der Waals surface area contributed by atoms with Gasteiger partial charge in [0, 0.05) is 11.3 Å². The van der Waals surface area contributed by atoms with Crippen molar-refractivity contribution in [1.82, 2.24) is 4.57 Å². The molecule has 0 saturated heterocycles. The van der Waals surface area contributed by atoms with Crippen molar-refractivity contribution < 1.29 is 4.79 Å². The smallest absolute Gasteiger partial charge is 0.255 e. The van der Waals surface area contributed by atoms with Crippen molar-refractivity contribution in [2.45, 2.75) is 0 Å². The van der Waals surface area contributed by atoms with E-state index in [1.165, 1.54) is 0 Å². The molecule has 4 heteroatoms. The van der Waals surface area contributed by atoms with Gasteiger partial charge in [-0.05, 0) is 59.7 Å². The number of nitrogens with zero attached hydrogens (tertiary/aromatic N) is 1. The zero-order chi connectivity index (χ0) is 22.6. The maximum Gasteiger partial charge on any atom is 0.255 e. The lowest BCUT2D eigenvalue weighted by Gasteiger charge is -2.15. The average molecular weight is 449 g/mol. The highest BCUT2D eigenvalue weighted by molar-refractivity contribution is 6.33. The molecule has 0 aliphatic rings. The summed E-state index contributed by atoms with van der Waals surface area (Å²) in [7, 11) is 0. The van der Waals surface area contributed by atoms with Crippen molar-refractivity contribution in [1.29, 1.82) is 0 Å². The fourth-order valence-corrected chi connectivity index (χ4v) is 4.09. The van der Waals surface area contributed by atoms with Crippen LogP contribution in [0.1, 0.15) is 10.4 Å². The molecule has 0 radical (unpaired) electrons. The molecule has 0 fully saturated rings. The quantitative estimate of drug-likeness (QED) is 0.293. The van der Waals surface area contributed by atoms with Crippen LogP contribution in [-0.2, 0) is 0 Å². The molecule has 0 spiro atoms. The zero-order valence-electron chi connectivity index (χ0n) is 17.8. The van der Waals surface area contributed by atoms with Crippen LogP contribution in [0.2, 0.25) is 5.02 Å². The molecule has 0 saturated carbocycles. The largest absolute Gasteiger partial charge is 0.321 e. The van der Waals surface area contributed by atoms with Crippen LogP contribution in [0.4, 0.5) is 5.69 Å². The number of benzene rings is 4. The number of aromatic nitrogens is 1. The summed E-state index contributed by atoms with van der Waals surface area (Å²) in [5.41, 5.74) is 6.56. The Kier molecular flexibility index (Phi) is 5.79. The Labute approximate surface area is 197 Å². The molecule has 1 amide bonds. The maximum absolute atomic E-state index is 12.8. The number of anilines is 1. The Bertz CT molecular complexity index is 1330. The standard InChI is InChI=1S/C29H21ClN2O/c30-25-13-7-8-14-26(25)31-29(33)23-15-17-24(18-16-23)32-27(21-9-3-1-4-10-21)19-20-28(32)22-11-5-2-6-12-22/h1-20H,(H,31,33). The van der Waals surface area contributed by atoms with Gasteiger partial charge in [-0.3, -0.25) is 4.79 Å². The number of hydrogen-bond acceptors (Lipinski definition) is 1. The third-order valence-corrected chi connectivity index (χ3v) is 5.86. The van der Waals surface area contributed by atoms with Gasteiger partial charge in [0.2, 0.25) is 0 Å². The van der Waals surface area contributed by atoms with E-state index in [1.807, 2.05) is 72.8 Å². The summed E-state index contributed by atoms with van der Waals surface area (Å²) in [6, 6.07) is 39.7. The first kappa shape index (κ1) is 20.8. The molecule has 4 aromatic carbocycles. The van der Waals surface area contributed by atoms with Crippen molar-refractivity contribution in [3.05, 3.63) is 132 Å². The van der Waals surface area contributed by atoms with Gasteiger partial charge in [0.05, 0.1) is 22.1 Å². The highest BCUT2D eigenvalue weighted by Crippen LogP contribution is 2.32. The topological polar surface area (TPSA) is 34.0 Å². The normalized spacial score (nSPS) is 10.7. The van der Waals surface area contributed by atoms with Crippen LogP contribution in [-0.4, -0.2) is 10.5 Å². The van der Waals surface area contributed by atoms with Gasteiger partial charge >= 0.3 is 0 Å². The second-order valence-corrected chi connectivity index (χ2v) is 8.06. The molecule has 0 atom stereocenters. The van der Waals surface area contributed by atoms with Gasteiger partial charge in [-0.1, -0.05) is 84.4 Å². The summed E-state index contributed by atoms with van der Waals surface area (Å²) in [6.07, 6.45) is 0. The summed E-state index contributed by atoms with van der Waals surface area (Å²) < 4.78 is 2.22. The SMILES string of the molecule is O=C(Nc1ccccc1Cl)c1ccc(-n2c(-c3ccccc3)ccc2-c2ccccc2)cc1. The number of amides is 1. The molecule has 33 heavy (non-hydrogen) atoms. The molecule has 1 aromatic heterocycles. The van der Waals surface area contributed by atoms with Gasteiger partial charge in [0.15, 0.2) is 0 Å². The van der Waals surface area contributed by atoms with Crippen LogP contribution in [0.5, 0.6) is 0 Å². The Morgan fingerprint density at radius 3 is 1.67 bits per heavy atom. The van der Waals surface area contributed by atoms with E-state index in [2.05, 4.69) is 46.3 Å². The summed E-state index contributed by atoms with van der Waals surface area (Å²) >= 11 is 6.18. The summed E-state index contributed by atoms with van der Waals surface area (Å²) in [5, 5.41) is 3.39. The predicted molar refractivity (Wildman–Crippen MR) is 136 cm³/mol. The van der Waals surface area contributed by atoms with Crippen molar-refractivity contribution in [3.63, 3.8) is 0 Å². The minimum atomic E-state index is -0.200. The Morgan fingerprint density at radius 1 is 0.606 bits per heavy atom. The van der Waals surface area contributed by atoms with E-state index in [4.69, 9.17) is 11.6 Å². The van der Waals surface area contributed by atoms with Crippen LogP contribution in [0.15, 0.2) is 121 Å². The second-order valence-electron chi connectivity index (χ2n) is 7.65. The Hall–Kier alpha value is -4.08. The number of rotatable bonds is 5. The molecular weight excluding hydrogens is 428 g/mol. The van der Waals surface area contributed by atoms with Crippen molar-refractivity contribution in [3.8, 4) is 28.2 Å². The monoisotopic (exact) mass is 448 g/mol. The Balaban J connectivity index is 1.53. The third-order valence-electron chi connectivity index (χ3n) is 5.53. The van der Waals surface area contributed by atoms with E-state index in [0.717, 1.165) is 28.2 Å². The molecular formula is C29H21ClN2O. The number of halogens is 1. The van der Waals surface area contributed by atoms with Crippen molar-refractivity contribution >= 4 is 23.2 Å².